The highest BCUT2D eigenvalue weighted by molar-refractivity contribution is 5.14. The van der Waals surface area contributed by atoms with Gasteiger partial charge < -0.3 is 13.9 Å². The monoisotopic (exact) mass is 193 g/mol. The summed E-state index contributed by atoms with van der Waals surface area (Å²) in [6.07, 6.45) is 4.26. The van der Waals surface area contributed by atoms with Gasteiger partial charge in [-0.05, 0) is 13.0 Å². The van der Waals surface area contributed by atoms with Gasteiger partial charge in [0.15, 0.2) is 6.39 Å². The molecule has 1 atom stereocenters. The lowest BCUT2D eigenvalue weighted by Gasteiger charge is -2.05. The summed E-state index contributed by atoms with van der Waals surface area (Å²) in [6, 6.07) is 1.73. The zero-order valence-electron chi connectivity index (χ0n) is 7.80. The SMILES string of the molecule is Cc1ncoc1CC(O)c1ccoc1. The predicted molar refractivity (Wildman–Crippen MR) is 48.6 cm³/mol. The van der Waals surface area contributed by atoms with Crippen molar-refractivity contribution < 1.29 is 13.9 Å². The molecule has 74 valence electrons. The first-order chi connectivity index (χ1) is 6.77. The molecule has 2 aromatic rings. The number of aryl methyl sites for hydroxylation is 1. The van der Waals surface area contributed by atoms with Crippen molar-refractivity contribution in [3.05, 3.63) is 42.0 Å². The van der Waals surface area contributed by atoms with Gasteiger partial charge in [0.25, 0.3) is 0 Å². The highest BCUT2D eigenvalue weighted by atomic mass is 16.3. The normalized spacial score (nSPS) is 13.0. The van der Waals surface area contributed by atoms with Crippen molar-refractivity contribution in [2.75, 3.05) is 0 Å². The Morgan fingerprint density at radius 3 is 3.00 bits per heavy atom. The minimum Gasteiger partial charge on any atom is -0.472 e. The molecule has 0 amide bonds. The summed E-state index contributed by atoms with van der Waals surface area (Å²) in [6.45, 7) is 1.85. The van der Waals surface area contributed by atoms with E-state index in [2.05, 4.69) is 4.98 Å². The maximum atomic E-state index is 9.76. The average molecular weight is 193 g/mol. The first kappa shape index (κ1) is 9.02. The van der Waals surface area contributed by atoms with Crippen LogP contribution in [0.25, 0.3) is 0 Å². The molecule has 0 bridgehead atoms. The molecule has 0 aliphatic heterocycles. The van der Waals surface area contributed by atoms with Gasteiger partial charge in [-0.25, -0.2) is 4.98 Å². The Morgan fingerprint density at radius 2 is 2.43 bits per heavy atom. The third-order valence-electron chi connectivity index (χ3n) is 2.15. The minimum absolute atomic E-state index is 0.422. The number of hydrogen-bond donors (Lipinski definition) is 1. The van der Waals surface area contributed by atoms with Gasteiger partial charge in [-0.3, -0.25) is 0 Å². The number of nitrogens with zero attached hydrogens (tertiary/aromatic N) is 1. The number of oxazole rings is 1. The van der Waals surface area contributed by atoms with E-state index in [1.165, 1.54) is 18.9 Å². The summed E-state index contributed by atoms with van der Waals surface area (Å²) < 4.78 is 10.0. The molecule has 0 saturated carbocycles. The molecule has 1 unspecified atom stereocenters. The fourth-order valence-corrected chi connectivity index (χ4v) is 1.28. The molecule has 4 heteroatoms. The number of aliphatic hydroxyl groups is 1. The number of aliphatic hydroxyl groups excluding tert-OH is 1. The van der Waals surface area contributed by atoms with Crippen molar-refractivity contribution in [1.82, 2.24) is 4.98 Å². The summed E-state index contributed by atoms with van der Waals surface area (Å²) in [7, 11) is 0. The smallest absolute Gasteiger partial charge is 0.181 e. The van der Waals surface area contributed by atoms with Crippen LogP contribution >= 0.6 is 0 Å². The van der Waals surface area contributed by atoms with E-state index in [4.69, 9.17) is 8.83 Å². The number of aromatic nitrogens is 1. The van der Waals surface area contributed by atoms with E-state index in [-0.39, 0.29) is 0 Å². The van der Waals surface area contributed by atoms with Gasteiger partial charge in [-0.2, -0.15) is 0 Å². The maximum absolute atomic E-state index is 9.76. The molecular weight excluding hydrogens is 182 g/mol. The van der Waals surface area contributed by atoms with Crippen molar-refractivity contribution in [2.45, 2.75) is 19.4 Å². The molecule has 1 N–H and O–H groups in total. The summed E-state index contributed by atoms with van der Waals surface area (Å²) >= 11 is 0. The van der Waals surface area contributed by atoms with Crippen LogP contribution in [-0.2, 0) is 6.42 Å². The average Bonchev–Trinajstić information content (AvgIpc) is 2.77. The molecule has 2 rings (SSSR count). The minimum atomic E-state index is -0.597. The van der Waals surface area contributed by atoms with Gasteiger partial charge in [-0.15, -0.1) is 0 Å². The molecule has 0 spiro atoms. The van der Waals surface area contributed by atoms with E-state index in [9.17, 15) is 5.11 Å². The number of rotatable bonds is 3. The second-order valence-electron chi connectivity index (χ2n) is 3.14. The van der Waals surface area contributed by atoms with Crippen molar-refractivity contribution >= 4 is 0 Å². The number of hydrogen-bond acceptors (Lipinski definition) is 4. The highest BCUT2D eigenvalue weighted by Crippen LogP contribution is 2.19. The van der Waals surface area contributed by atoms with E-state index in [0.717, 1.165) is 11.3 Å². The van der Waals surface area contributed by atoms with Crippen molar-refractivity contribution in [3.8, 4) is 0 Å². The lowest BCUT2D eigenvalue weighted by atomic mass is 10.1. The first-order valence-electron chi connectivity index (χ1n) is 4.36. The van der Waals surface area contributed by atoms with Crippen LogP contribution in [0.4, 0.5) is 0 Å². The summed E-state index contributed by atoms with van der Waals surface area (Å²) in [5, 5.41) is 9.76. The lowest BCUT2D eigenvalue weighted by molar-refractivity contribution is 0.169. The third-order valence-corrected chi connectivity index (χ3v) is 2.15. The second kappa shape index (κ2) is 3.67. The lowest BCUT2D eigenvalue weighted by Crippen LogP contribution is -2.00. The molecule has 0 aliphatic carbocycles. The number of furan rings is 1. The standard InChI is InChI=1S/C10H11NO3/c1-7-10(14-6-11-7)4-9(12)8-2-3-13-5-8/h2-3,5-6,9,12H,4H2,1H3. The molecule has 2 aromatic heterocycles. The van der Waals surface area contributed by atoms with Crippen molar-refractivity contribution in [3.63, 3.8) is 0 Å². The first-order valence-corrected chi connectivity index (χ1v) is 4.36. The fraction of sp³-hybridized carbons (Fsp3) is 0.300. The predicted octanol–water partition coefficient (Wildman–Crippen LogP) is 1.85. The molecule has 0 saturated heterocycles. The van der Waals surface area contributed by atoms with Crippen LogP contribution in [0.2, 0.25) is 0 Å². The molecule has 4 nitrogen and oxygen atoms in total. The maximum Gasteiger partial charge on any atom is 0.181 e. The van der Waals surface area contributed by atoms with Crippen LogP contribution in [0.3, 0.4) is 0 Å². The van der Waals surface area contributed by atoms with E-state index < -0.39 is 6.10 Å². The van der Waals surface area contributed by atoms with Crippen LogP contribution in [0.5, 0.6) is 0 Å². The summed E-state index contributed by atoms with van der Waals surface area (Å²) in [5.74, 6) is 0.707. The van der Waals surface area contributed by atoms with Crippen LogP contribution in [0.15, 0.2) is 33.8 Å². The Balaban J connectivity index is 2.09. The summed E-state index contributed by atoms with van der Waals surface area (Å²) in [4.78, 5) is 3.95. The van der Waals surface area contributed by atoms with Crippen LogP contribution in [0, 0.1) is 6.92 Å². The molecule has 0 aromatic carbocycles. The van der Waals surface area contributed by atoms with Gasteiger partial charge in [0.05, 0.1) is 24.3 Å². The van der Waals surface area contributed by atoms with Crippen LogP contribution in [0.1, 0.15) is 23.1 Å². The zero-order valence-corrected chi connectivity index (χ0v) is 7.80. The largest absolute Gasteiger partial charge is 0.472 e. The van der Waals surface area contributed by atoms with Crippen molar-refractivity contribution in [2.24, 2.45) is 0 Å². The zero-order chi connectivity index (χ0) is 9.97. The quantitative estimate of drug-likeness (QED) is 0.808. The molecule has 14 heavy (non-hydrogen) atoms. The Labute approximate surface area is 81.2 Å². The van der Waals surface area contributed by atoms with Crippen molar-refractivity contribution in [1.29, 1.82) is 0 Å². The second-order valence-corrected chi connectivity index (χ2v) is 3.14. The Hall–Kier alpha value is -1.55. The molecule has 0 fully saturated rings. The Bertz CT molecular complexity index is 391. The summed E-state index contributed by atoms with van der Waals surface area (Å²) in [5.41, 5.74) is 1.56. The van der Waals surface area contributed by atoms with Gasteiger partial charge in [0.1, 0.15) is 5.76 Å². The van der Waals surface area contributed by atoms with E-state index in [0.29, 0.717) is 12.2 Å². The van der Waals surface area contributed by atoms with Gasteiger partial charge in [0.2, 0.25) is 0 Å². The van der Waals surface area contributed by atoms with Gasteiger partial charge >= 0.3 is 0 Å². The van der Waals surface area contributed by atoms with E-state index in [1.807, 2.05) is 6.92 Å². The Morgan fingerprint density at radius 1 is 1.57 bits per heavy atom. The highest BCUT2D eigenvalue weighted by Gasteiger charge is 2.13. The van der Waals surface area contributed by atoms with E-state index >= 15 is 0 Å². The van der Waals surface area contributed by atoms with E-state index in [1.54, 1.807) is 6.07 Å². The third kappa shape index (κ3) is 1.70. The fourth-order valence-electron chi connectivity index (χ4n) is 1.28. The topological polar surface area (TPSA) is 59.4 Å². The molecule has 0 aliphatic rings. The molecular formula is C10H11NO3. The van der Waals surface area contributed by atoms with Gasteiger partial charge in [-0.1, -0.05) is 0 Å². The van der Waals surface area contributed by atoms with Gasteiger partial charge in [0, 0.05) is 12.0 Å². The molecule has 0 radical (unpaired) electrons. The van der Waals surface area contributed by atoms with Crippen LogP contribution in [-0.4, -0.2) is 10.1 Å². The van der Waals surface area contributed by atoms with Crippen LogP contribution < -0.4 is 0 Å². The Kier molecular flexibility index (Phi) is 2.37. The molecule has 2 heterocycles.